The molecule has 5 heteroatoms. The second kappa shape index (κ2) is 10.7. The number of carbonyl (C=O) groups excluding carboxylic acids is 2. The second-order valence-corrected chi connectivity index (χ2v) is 8.67. The molecule has 2 amide bonds. The van der Waals surface area contributed by atoms with E-state index in [0.717, 1.165) is 31.4 Å². The summed E-state index contributed by atoms with van der Waals surface area (Å²) in [6.07, 6.45) is 13.6. The van der Waals surface area contributed by atoms with Gasteiger partial charge in [0.05, 0.1) is 5.56 Å². The smallest absolute Gasteiger partial charge is 0.255 e. The summed E-state index contributed by atoms with van der Waals surface area (Å²) in [7, 11) is 0. The molecule has 2 N–H and O–H groups in total. The van der Waals surface area contributed by atoms with Crippen LogP contribution in [-0.4, -0.2) is 35.5 Å². The fraction of sp³-hybridized carbons (Fsp3) is 0.667. The molecule has 1 fully saturated rings. The van der Waals surface area contributed by atoms with Crippen LogP contribution in [0.15, 0.2) is 24.3 Å². The monoisotopic (exact) mass is 399 g/mol. The van der Waals surface area contributed by atoms with Gasteiger partial charge in [-0.3, -0.25) is 9.59 Å². The van der Waals surface area contributed by atoms with Gasteiger partial charge >= 0.3 is 0 Å². The lowest BCUT2D eigenvalue weighted by Gasteiger charge is -2.45. The van der Waals surface area contributed by atoms with Gasteiger partial charge < -0.3 is 15.5 Å². The average molecular weight is 400 g/mol. The van der Waals surface area contributed by atoms with Crippen molar-refractivity contribution in [1.29, 1.82) is 0 Å². The van der Waals surface area contributed by atoms with Crippen molar-refractivity contribution in [3.05, 3.63) is 29.8 Å². The highest BCUT2D eigenvalue weighted by Gasteiger charge is 2.40. The van der Waals surface area contributed by atoms with E-state index in [1.165, 1.54) is 44.9 Å². The minimum atomic E-state index is -0.417. The molecule has 0 atom stereocenters. The van der Waals surface area contributed by atoms with Crippen molar-refractivity contribution in [3.8, 4) is 0 Å². The van der Waals surface area contributed by atoms with Crippen molar-refractivity contribution in [1.82, 2.24) is 10.2 Å². The van der Waals surface area contributed by atoms with Crippen LogP contribution in [0.1, 0.15) is 94.3 Å². The first-order valence-electron chi connectivity index (χ1n) is 11.6. The quantitative estimate of drug-likeness (QED) is 0.539. The number of nitrogens with one attached hydrogen (secondary N) is 2. The molecule has 29 heavy (non-hydrogen) atoms. The standard InChI is InChI=1S/C24H37N3O2/c1-2-3-4-5-6-7-8-9-10-15-22(28)27-18-16-24(17-19-27)25-21-14-12-11-13-20(21)23(29)26-24/h11-14,25H,2-10,15-19H2,1H3,(H,26,29). The number of hydrogen-bond acceptors (Lipinski definition) is 3. The van der Waals surface area contributed by atoms with Gasteiger partial charge in [-0.15, -0.1) is 0 Å². The van der Waals surface area contributed by atoms with Crippen LogP contribution < -0.4 is 10.6 Å². The van der Waals surface area contributed by atoms with E-state index in [9.17, 15) is 9.59 Å². The number of anilines is 1. The first-order chi connectivity index (χ1) is 14.1. The summed E-state index contributed by atoms with van der Waals surface area (Å²) >= 11 is 0. The van der Waals surface area contributed by atoms with E-state index in [4.69, 9.17) is 0 Å². The molecule has 0 aromatic heterocycles. The summed E-state index contributed by atoms with van der Waals surface area (Å²) in [5.74, 6) is 0.249. The van der Waals surface area contributed by atoms with Crippen LogP contribution in [0, 0.1) is 0 Å². The van der Waals surface area contributed by atoms with E-state index in [1.807, 2.05) is 29.2 Å². The van der Waals surface area contributed by atoms with Crippen LogP contribution in [0.25, 0.3) is 0 Å². The molecule has 3 rings (SSSR count). The summed E-state index contributed by atoms with van der Waals surface area (Å²) in [6, 6.07) is 7.62. The summed E-state index contributed by atoms with van der Waals surface area (Å²) in [5.41, 5.74) is 1.17. The van der Waals surface area contributed by atoms with Gasteiger partial charge in [-0.05, 0) is 18.6 Å². The van der Waals surface area contributed by atoms with Crippen LogP contribution in [0.3, 0.4) is 0 Å². The molecule has 2 heterocycles. The summed E-state index contributed by atoms with van der Waals surface area (Å²) in [5, 5.41) is 6.66. The Morgan fingerprint density at radius 3 is 2.24 bits per heavy atom. The highest BCUT2D eigenvalue weighted by atomic mass is 16.2. The minimum absolute atomic E-state index is 0.0196. The Labute approximate surface area is 175 Å². The van der Waals surface area contributed by atoms with Gasteiger partial charge in [0.1, 0.15) is 5.66 Å². The first-order valence-corrected chi connectivity index (χ1v) is 11.6. The average Bonchev–Trinajstić information content (AvgIpc) is 2.73. The molecule has 5 nitrogen and oxygen atoms in total. The number of likely N-dealkylation sites (tertiary alicyclic amines) is 1. The van der Waals surface area contributed by atoms with Gasteiger partial charge in [0.2, 0.25) is 5.91 Å². The van der Waals surface area contributed by atoms with E-state index in [-0.39, 0.29) is 11.8 Å². The molecule has 2 aliphatic heterocycles. The molecule has 160 valence electrons. The van der Waals surface area contributed by atoms with Crippen LogP contribution in [-0.2, 0) is 4.79 Å². The topological polar surface area (TPSA) is 61.4 Å². The number of rotatable bonds is 10. The third-order valence-corrected chi connectivity index (χ3v) is 6.36. The van der Waals surface area contributed by atoms with E-state index >= 15 is 0 Å². The molecule has 0 aliphatic carbocycles. The molecular weight excluding hydrogens is 362 g/mol. The number of fused-ring (bicyclic) bond motifs is 1. The van der Waals surface area contributed by atoms with Gasteiger partial charge in [0.15, 0.2) is 0 Å². The molecular formula is C24H37N3O2. The lowest BCUT2D eigenvalue weighted by molar-refractivity contribution is -0.132. The predicted molar refractivity (Wildman–Crippen MR) is 118 cm³/mol. The number of amides is 2. The Kier molecular flexibility index (Phi) is 7.96. The molecule has 0 bridgehead atoms. The maximum atomic E-state index is 12.6. The Balaban J connectivity index is 1.33. The van der Waals surface area contributed by atoms with Crippen molar-refractivity contribution < 1.29 is 9.59 Å². The van der Waals surface area contributed by atoms with Crippen molar-refractivity contribution >= 4 is 17.5 Å². The molecule has 1 aromatic carbocycles. The zero-order valence-electron chi connectivity index (χ0n) is 18.0. The summed E-state index contributed by atoms with van der Waals surface area (Å²) in [4.78, 5) is 27.0. The fourth-order valence-electron chi connectivity index (χ4n) is 4.50. The van der Waals surface area contributed by atoms with Crippen LogP contribution in [0.4, 0.5) is 5.69 Å². The van der Waals surface area contributed by atoms with E-state index in [2.05, 4.69) is 17.6 Å². The number of unbranched alkanes of at least 4 members (excludes halogenated alkanes) is 8. The third-order valence-electron chi connectivity index (χ3n) is 6.36. The molecule has 0 saturated carbocycles. The zero-order chi connectivity index (χ0) is 20.5. The molecule has 0 radical (unpaired) electrons. The summed E-state index contributed by atoms with van der Waals surface area (Å²) in [6.45, 7) is 3.65. The number of benzene rings is 1. The third kappa shape index (κ3) is 5.97. The number of nitrogens with zero attached hydrogens (tertiary/aromatic N) is 1. The lowest BCUT2D eigenvalue weighted by atomic mass is 9.92. The largest absolute Gasteiger partial charge is 0.362 e. The van der Waals surface area contributed by atoms with Gasteiger partial charge in [-0.25, -0.2) is 0 Å². The Morgan fingerprint density at radius 2 is 1.55 bits per heavy atom. The SMILES string of the molecule is CCCCCCCCCCCC(=O)N1CCC2(CC1)NC(=O)c1ccccc1N2. The number of para-hydroxylation sites is 1. The van der Waals surface area contributed by atoms with Crippen LogP contribution in [0.2, 0.25) is 0 Å². The normalized spacial score (nSPS) is 17.6. The molecule has 1 saturated heterocycles. The highest BCUT2D eigenvalue weighted by molar-refractivity contribution is 6.02. The predicted octanol–water partition coefficient (Wildman–Crippen LogP) is 5.08. The Hall–Kier alpha value is -2.04. The van der Waals surface area contributed by atoms with Crippen molar-refractivity contribution in [2.75, 3.05) is 18.4 Å². The Morgan fingerprint density at radius 1 is 0.931 bits per heavy atom. The fourth-order valence-corrected chi connectivity index (χ4v) is 4.50. The first kappa shape index (κ1) is 21.7. The van der Waals surface area contributed by atoms with E-state index in [0.29, 0.717) is 25.1 Å². The number of carbonyl (C=O) groups is 2. The van der Waals surface area contributed by atoms with E-state index in [1.54, 1.807) is 0 Å². The van der Waals surface area contributed by atoms with Crippen molar-refractivity contribution in [2.45, 2.75) is 89.6 Å². The van der Waals surface area contributed by atoms with Gasteiger partial charge in [-0.2, -0.15) is 0 Å². The second-order valence-electron chi connectivity index (χ2n) is 8.67. The highest BCUT2D eigenvalue weighted by Crippen LogP contribution is 2.31. The maximum absolute atomic E-state index is 12.6. The number of hydrogen-bond donors (Lipinski definition) is 2. The van der Waals surface area contributed by atoms with Gasteiger partial charge in [0, 0.05) is 38.0 Å². The van der Waals surface area contributed by atoms with Crippen molar-refractivity contribution in [3.63, 3.8) is 0 Å². The van der Waals surface area contributed by atoms with Gasteiger partial charge in [-0.1, -0.05) is 70.4 Å². The number of piperidine rings is 1. The van der Waals surface area contributed by atoms with Crippen LogP contribution >= 0.6 is 0 Å². The van der Waals surface area contributed by atoms with Gasteiger partial charge in [0.25, 0.3) is 5.91 Å². The van der Waals surface area contributed by atoms with Crippen LogP contribution in [0.5, 0.6) is 0 Å². The molecule has 1 aromatic rings. The molecule has 2 aliphatic rings. The molecule has 1 spiro atoms. The maximum Gasteiger partial charge on any atom is 0.255 e. The minimum Gasteiger partial charge on any atom is -0.362 e. The summed E-state index contributed by atoms with van der Waals surface area (Å²) < 4.78 is 0. The van der Waals surface area contributed by atoms with Crippen molar-refractivity contribution in [2.24, 2.45) is 0 Å². The zero-order valence-corrected chi connectivity index (χ0v) is 18.0. The Bertz CT molecular complexity index is 680. The molecule has 0 unspecified atom stereocenters. The lowest BCUT2D eigenvalue weighted by Crippen LogP contribution is -2.62. The van der Waals surface area contributed by atoms with E-state index < -0.39 is 5.66 Å².